The van der Waals surface area contributed by atoms with Crippen molar-refractivity contribution in [1.29, 1.82) is 0 Å². The van der Waals surface area contributed by atoms with E-state index in [1.54, 1.807) is 0 Å². The predicted octanol–water partition coefficient (Wildman–Crippen LogP) is 1.14. The Morgan fingerprint density at radius 2 is 2.36 bits per heavy atom. The maximum Gasteiger partial charge on any atom is 0.0724 e. The lowest BCUT2D eigenvalue weighted by atomic mass is 10.1. The minimum absolute atomic E-state index is 0.574. The molecule has 0 aliphatic carbocycles. The number of rotatable bonds is 6. The van der Waals surface area contributed by atoms with E-state index < -0.39 is 0 Å². The van der Waals surface area contributed by atoms with Crippen molar-refractivity contribution in [2.75, 3.05) is 6.54 Å². The summed E-state index contributed by atoms with van der Waals surface area (Å²) in [5.41, 5.74) is 1.20. The largest absolute Gasteiger partial charge is 0.314 e. The monoisotopic (exact) mass is 196 g/mol. The van der Waals surface area contributed by atoms with Gasteiger partial charge in [-0.2, -0.15) is 0 Å². The Hall–Kier alpha value is -0.900. The highest BCUT2D eigenvalue weighted by Crippen LogP contribution is 2.01. The normalized spacial score (nSPS) is 13.1. The Bertz CT molecular complexity index is 256. The van der Waals surface area contributed by atoms with Gasteiger partial charge in [-0.1, -0.05) is 12.1 Å². The van der Waals surface area contributed by atoms with Crippen molar-refractivity contribution in [3.63, 3.8) is 0 Å². The van der Waals surface area contributed by atoms with Crippen LogP contribution in [0.4, 0.5) is 0 Å². The Morgan fingerprint density at radius 1 is 1.57 bits per heavy atom. The zero-order valence-corrected chi connectivity index (χ0v) is 9.32. The van der Waals surface area contributed by atoms with Crippen molar-refractivity contribution < 1.29 is 0 Å². The van der Waals surface area contributed by atoms with Gasteiger partial charge >= 0.3 is 0 Å². The van der Waals surface area contributed by atoms with Gasteiger partial charge in [0.1, 0.15) is 0 Å². The summed E-state index contributed by atoms with van der Waals surface area (Å²) in [5, 5.41) is 11.2. The summed E-state index contributed by atoms with van der Waals surface area (Å²) >= 11 is 0. The van der Waals surface area contributed by atoms with E-state index in [1.165, 1.54) is 12.1 Å². The van der Waals surface area contributed by atoms with E-state index in [9.17, 15) is 0 Å². The lowest BCUT2D eigenvalue weighted by Crippen LogP contribution is -2.27. The van der Waals surface area contributed by atoms with Crippen molar-refractivity contribution in [1.82, 2.24) is 20.3 Å². The first-order valence-corrected chi connectivity index (χ1v) is 5.31. The summed E-state index contributed by atoms with van der Waals surface area (Å²) in [7, 11) is 1.94. The van der Waals surface area contributed by atoms with Crippen LogP contribution in [0.25, 0.3) is 0 Å². The van der Waals surface area contributed by atoms with Crippen LogP contribution in [-0.4, -0.2) is 27.6 Å². The molecule has 0 saturated carbocycles. The second-order valence-electron chi connectivity index (χ2n) is 3.74. The summed E-state index contributed by atoms with van der Waals surface area (Å²) in [6, 6.07) is 0.574. The maximum atomic E-state index is 3.90. The van der Waals surface area contributed by atoms with Gasteiger partial charge in [-0.05, 0) is 32.7 Å². The first-order valence-electron chi connectivity index (χ1n) is 5.31. The quantitative estimate of drug-likeness (QED) is 0.742. The lowest BCUT2D eigenvalue weighted by molar-refractivity contribution is 0.505. The molecule has 4 heteroatoms. The predicted molar refractivity (Wildman–Crippen MR) is 57.1 cm³/mol. The fourth-order valence-corrected chi connectivity index (χ4v) is 1.39. The summed E-state index contributed by atoms with van der Waals surface area (Å²) in [5.74, 6) is 0. The number of nitrogens with one attached hydrogen (secondary N) is 1. The molecule has 4 nitrogen and oxygen atoms in total. The Balaban J connectivity index is 2.23. The van der Waals surface area contributed by atoms with Crippen LogP contribution in [0.1, 0.15) is 32.4 Å². The van der Waals surface area contributed by atoms with E-state index >= 15 is 0 Å². The highest BCUT2D eigenvalue weighted by Gasteiger charge is 2.04. The molecule has 1 aromatic heterocycles. The van der Waals surface area contributed by atoms with Crippen LogP contribution in [0.15, 0.2) is 6.20 Å². The van der Waals surface area contributed by atoms with Crippen LogP contribution in [0.3, 0.4) is 0 Å². The Kier molecular flexibility index (Phi) is 4.59. The third-order valence-corrected chi connectivity index (χ3v) is 2.38. The van der Waals surface area contributed by atoms with E-state index in [-0.39, 0.29) is 0 Å². The van der Waals surface area contributed by atoms with Gasteiger partial charge in [0.25, 0.3) is 0 Å². The topological polar surface area (TPSA) is 42.7 Å². The van der Waals surface area contributed by atoms with E-state index in [4.69, 9.17) is 0 Å². The second kappa shape index (κ2) is 5.75. The summed E-state index contributed by atoms with van der Waals surface area (Å²) in [6.45, 7) is 5.51. The van der Waals surface area contributed by atoms with Gasteiger partial charge in [0.2, 0.25) is 0 Å². The molecule has 0 aliphatic rings. The van der Waals surface area contributed by atoms with Crippen LogP contribution in [0, 0.1) is 0 Å². The summed E-state index contributed by atoms with van der Waals surface area (Å²) in [6.07, 6.45) is 5.22. The second-order valence-corrected chi connectivity index (χ2v) is 3.74. The molecular formula is C10H20N4. The summed E-state index contributed by atoms with van der Waals surface area (Å²) < 4.78 is 1.84. The van der Waals surface area contributed by atoms with E-state index in [1.807, 2.05) is 17.9 Å². The molecule has 1 atom stereocenters. The number of hydrogen-bond acceptors (Lipinski definition) is 3. The molecule has 0 bridgehead atoms. The van der Waals surface area contributed by atoms with E-state index in [2.05, 4.69) is 29.5 Å². The zero-order chi connectivity index (χ0) is 10.4. The molecule has 1 aromatic rings. The number of hydrogen-bond donors (Lipinski definition) is 1. The first-order chi connectivity index (χ1) is 6.74. The third kappa shape index (κ3) is 3.46. The fraction of sp³-hybridized carbons (Fsp3) is 0.800. The SMILES string of the molecule is CCCNC(C)CCc1cnnn1C. The maximum absolute atomic E-state index is 3.90. The summed E-state index contributed by atoms with van der Waals surface area (Å²) in [4.78, 5) is 0. The van der Waals surface area contributed by atoms with Crippen molar-refractivity contribution in [2.45, 2.75) is 39.2 Å². The van der Waals surface area contributed by atoms with Gasteiger partial charge in [-0.3, -0.25) is 4.68 Å². The van der Waals surface area contributed by atoms with Crippen LogP contribution < -0.4 is 5.32 Å². The molecule has 80 valence electrons. The van der Waals surface area contributed by atoms with Gasteiger partial charge in [0.15, 0.2) is 0 Å². The molecule has 1 heterocycles. The van der Waals surface area contributed by atoms with Gasteiger partial charge in [-0.25, -0.2) is 0 Å². The number of aromatic nitrogens is 3. The molecule has 0 amide bonds. The molecule has 0 fully saturated rings. The Morgan fingerprint density at radius 3 is 2.93 bits per heavy atom. The van der Waals surface area contributed by atoms with Gasteiger partial charge in [-0.15, -0.1) is 5.10 Å². The zero-order valence-electron chi connectivity index (χ0n) is 9.32. The lowest BCUT2D eigenvalue weighted by Gasteiger charge is -2.12. The van der Waals surface area contributed by atoms with E-state index in [0.717, 1.165) is 19.4 Å². The molecule has 14 heavy (non-hydrogen) atoms. The molecule has 1 unspecified atom stereocenters. The highest BCUT2D eigenvalue weighted by atomic mass is 15.4. The number of nitrogens with zero attached hydrogens (tertiary/aromatic N) is 3. The minimum Gasteiger partial charge on any atom is -0.314 e. The molecule has 1 N–H and O–H groups in total. The standard InChI is InChI=1S/C10H20N4/c1-4-7-11-9(2)5-6-10-8-12-13-14(10)3/h8-9,11H,4-7H2,1-3H3. The molecule has 0 aliphatic heterocycles. The van der Waals surface area contributed by atoms with Crippen molar-refractivity contribution in [3.05, 3.63) is 11.9 Å². The molecule has 0 spiro atoms. The fourth-order valence-electron chi connectivity index (χ4n) is 1.39. The van der Waals surface area contributed by atoms with Crippen LogP contribution >= 0.6 is 0 Å². The molecule has 1 rings (SSSR count). The van der Waals surface area contributed by atoms with Crippen LogP contribution in [0.2, 0.25) is 0 Å². The van der Waals surface area contributed by atoms with Gasteiger partial charge in [0.05, 0.1) is 11.9 Å². The van der Waals surface area contributed by atoms with Crippen LogP contribution in [-0.2, 0) is 13.5 Å². The Labute approximate surface area is 85.7 Å². The van der Waals surface area contributed by atoms with Crippen molar-refractivity contribution >= 4 is 0 Å². The van der Waals surface area contributed by atoms with Gasteiger partial charge < -0.3 is 5.32 Å². The van der Waals surface area contributed by atoms with Crippen molar-refractivity contribution in [2.24, 2.45) is 7.05 Å². The average molecular weight is 196 g/mol. The molecule has 0 radical (unpaired) electrons. The molecule has 0 aromatic carbocycles. The average Bonchev–Trinajstić information content (AvgIpc) is 2.58. The van der Waals surface area contributed by atoms with Crippen LogP contribution in [0.5, 0.6) is 0 Å². The third-order valence-electron chi connectivity index (χ3n) is 2.38. The van der Waals surface area contributed by atoms with Gasteiger partial charge in [0, 0.05) is 13.1 Å². The first kappa shape index (κ1) is 11.2. The van der Waals surface area contributed by atoms with E-state index in [0.29, 0.717) is 6.04 Å². The number of aryl methyl sites for hydroxylation is 2. The molecular weight excluding hydrogens is 176 g/mol. The minimum atomic E-state index is 0.574. The smallest absolute Gasteiger partial charge is 0.0724 e. The van der Waals surface area contributed by atoms with Crippen molar-refractivity contribution in [3.8, 4) is 0 Å². The molecule has 0 saturated heterocycles. The highest BCUT2D eigenvalue weighted by molar-refractivity contribution is 4.93.